The molecule has 0 saturated heterocycles. The van der Waals surface area contributed by atoms with Crippen LogP contribution >= 0.6 is 0 Å². The van der Waals surface area contributed by atoms with Crippen molar-refractivity contribution in [2.45, 2.75) is 18.2 Å². The summed E-state index contributed by atoms with van der Waals surface area (Å²) in [7, 11) is -4.19. The van der Waals surface area contributed by atoms with Crippen LogP contribution in [0, 0.1) is 18.6 Å². The molecule has 0 bridgehead atoms. The van der Waals surface area contributed by atoms with Crippen LogP contribution < -0.4 is 10.5 Å². The molecule has 160 valence electrons. The fourth-order valence-electron chi connectivity index (χ4n) is 2.83. The molecule has 0 spiro atoms. The third-order valence-electron chi connectivity index (χ3n) is 4.00. The molecule has 0 unspecified atom stereocenters. The fourth-order valence-corrected chi connectivity index (χ4v) is 3.65. The summed E-state index contributed by atoms with van der Waals surface area (Å²) in [6.45, 7) is 1.30. The van der Waals surface area contributed by atoms with E-state index in [9.17, 15) is 35.2 Å². The van der Waals surface area contributed by atoms with E-state index in [1.165, 1.54) is 13.0 Å². The summed E-state index contributed by atoms with van der Waals surface area (Å²) in [6.07, 6.45) is -3.40. The first-order valence-electron chi connectivity index (χ1n) is 8.05. The molecule has 6 nitrogen and oxygen atoms in total. The third-order valence-corrected chi connectivity index (χ3v) is 5.13. The van der Waals surface area contributed by atoms with Gasteiger partial charge in [-0.15, -0.1) is 13.2 Å². The van der Waals surface area contributed by atoms with Gasteiger partial charge >= 0.3 is 12.1 Å². The van der Waals surface area contributed by atoms with Gasteiger partial charge in [0, 0.05) is 11.8 Å². The molecule has 0 aliphatic rings. The van der Waals surface area contributed by atoms with Crippen LogP contribution in [0.1, 0.15) is 5.56 Å². The van der Waals surface area contributed by atoms with Crippen LogP contribution in [0.3, 0.4) is 0 Å². The Hall–Kier alpha value is -3.15. The number of oxazole rings is 1. The Bertz CT molecular complexity index is 1270. The first-order valence-corrected chi connectivity index (χ1v) is 9.94. The largest absolute Gasteiger partial charge is 0.573 e. The molecule has 12 heteroatoms. The second kappa shape index (κ2) is 7.27. The van der Waals surface area contributed by atoms with Crippen LogP contribution in [0.5, 0.6) is 5.75 Å². The number of halogens is 5. The number of alkyl halides is 3. The zero-order valence-electron chi connectivity index (χ0n) is 15.3. The highest BCUT2D eigenvalue weighted by atomic mass is 32.2. The minimum absolute atomic E-state index is 0.0219. The number of rotatable bonds is 4. The van der Waals surface area contributed by atoms with Gasteiger partial charge in [0.15, 0.2) is 9.84 Å². The Kier molecular flexibility index (Phi) is 5.23. The maximum absolute atomic E-state index is 14.2. The highest BCUT2D eigenvalue weighted by Crippen LogP contribution is 2.31. The van der Waals surface area contributed by atoms with Crippen LogP contribution in [-0.2, 0) is 9.84 Å². The molecule has 2 aromatic carbocycles. The first kappa shape index (κ1) is 21.6. The Morgan fingerprint density at radius 2 is 1.67 bits per heavy atom. The molecule has 0 amide bonds. The molecule has 0 saturated carbocycles. The number of ether oxygens (including phenoxy) is 1. The summed E-state index contributed by atoms with van der Waals surface area (Å²) in [5, 5.41) is 0. The van der Waals surface area contributed by atoms with Gasteiger partial charge in [-0.1, -0.05) is 0 Å². The van der Waals surface area contributed by atoms with Crippen molar-refractivity contribution in [2.75, 3.05) is 6.26 Å². The van der Waals surface area contributed by atoms with Crippen molar-refractivity contribution in [3.63, 3.8) is 0 Å². The van der Waals surface area contributed by atoms with E-state index < -0.39 is 44.2 Å². The standard InChI is InChI=1S/C18H12F5NO5S/c1-9-5-11(3-4-15(9)29-18(21,22)23)24-14(8-28-17(24)25)10-6-12(19)16(13(20)7-10)30(2,26)27/h3-8H,1-2H3. The second-order valence-corrected chi connectivity index (χ2v) is 8.21. The lowest BCUT2D eigenvalue weighted by Crippen LogP contribution is -2.18. The van der Waals surface area contributed by atoms with Gasteiger partial charge in [-0.3, -0.25) is 0 Å². The number of hydrogen-bond donors (Lipinski definition) is 0. The number of nitrogens with zero attached hydrogens (tertiary/aromatic N) is 1. The minimum Gasteiger partial charge on any atom is -0.415 e. The van der Waals surface area contributed by atoms with Crippen LogP contribution in [0.15, 0.2) is 50.7 Å². The summed E-state index contributed by atoms with van der Waals surface area (Å²) in [5.41, 5.74) is -0.323. The van der Waals surface area contributed by atoms with E-state index in [-0.39, 0.29) is 22.5 Å². The second-order valence-electron chi connectivity index (χ2n) is 6.26. The average molecular weight is 449 g/mol. The molecular formula is C18H12F5NO5S. The Morgan fingerprint density at radius 3 is 2.17 bits per heavy atom. The van der Waals surface area contributed by atoms with Gasteiger partial charge in [-0.2, -0.15) is 0 Å². The lowest BCUT2D eigenvalue weighted by molar-refractivity contribution is -0.274. The predicted octanol–water partition coefficient (Wildman–Crippen LogP) is 3.99. The number of sulfone groups is 1. The zero-order valence-corrected chi connectivity index (χ0v) is 16.1. The van der Waals surface area contributed by atoms with Crippen molar-refractivity contribution in [2.24, 2.45) is 0 Å². The summed E-state index contributed by atoms with van der Waals surface area (Å²) in [6, 6.07) is 4.67. The molecule has 0 fully saturated rings. The van der Waals surface area contributed by atoms with E-state index in [0.717, 1.165) is 23.0 Å². The normalized spacial score (nSPS) is 12.2. The highest BCUT2D eigenvalue weighted by Gasteiger charge is 2.32. The Morgan fingerprint density at radius 1 is 1.07 bits per heavy atom. The van der Waals surface area contributed by atoms with E-state index in [0.29, 0.717) is 18.4 Å². The average Bonchev–Trinajstić information content (AvgIpc) is 2.95. The number of aromatic nitrogens is 1. The Balaban J connectivity index is 2.14. The van der Waals surface area contributed by atoms with E-state index >= 15 is 0 Å². The van der Waals surface area contributed by atoms with Crippen molar-refractivity contribution in [1.82, 2.24) is 4.57 Å². The lowest BCUT2D eigenvalue weighted by atomic mass is 10.1. The number of hydrogen-bond acceptors (Lipinski definition) is 5. The van der Waals surface area contributed by atoms with Gasteiger partial charge in [0.25, 0.3) is 0 Å². The van der Waals surface area contributed by atoms with Crippen molar-refractivity contribution in [1.29, 1.82) is 0 Å². The first-order chi connectivity index (χ1) is 13.8. The van der Waals surface area contributed by atoms with Crippen molar-refractivity contribution < 1.29 is 39.5 Å². The number of benzene rings is 2. The van der Waals surface area contributed by atoms with Crippen molar-refractivity contribution in [3.8, 4) is 22.7 Å². The van der Waals surface area contributed by atoms with Crippen LogP contribution in [0.25, 0.3) is 16.9 Å². The molecule has 3 rings (SSSR count). The monoisotopic (exact) mass is 449 g/mol. The summed E-state index contributed by atoms with van der Waals surface area (Å²) in [5.74, 6) is -4.24. The molecular weight excluding hydrogens is 437 g/mol. The molecule has 3 aromatic rings. The summed E-state index contributed by atoms with van der Waals surface area (Å²) >= 11 is 0. The molecule has 0 atom stereocenters. The van der Waals surface area contributed by atoms with Gasteiger partial charge in [0.05, 0.1) is 11.4 Å². The zero-order chi connectivity index (χ0) is 22.4. The lowest BCUT2D eigenvalue weighted by Gasteiger charge is -2.13. The van der Waals surface area contributed by atoms with Crippen molar-refractivity contribution in [3.05, 3.63) is 64.3 Å². The van der Waals surface area contributed by atoms with Crippen LogP contribution in [0.2, 0.25) is 0 Å². The summed E-state index contributed by atoms with van der Waals surface area (Å²) < 4.78 is 98.3. The van der Waals surface area contributed by atoms with E-state index in [1.54, 1.807) is 0 Å². The highest BCUT2D eigenvalue weighted by molar-refractivity contribution is 7.90. The van der Waals surface area contributed by atoms with Gasteiger partial charge in [0.2, 0.25) is 0 Å². The third kappa shape index (κ3) is 4.22. The molecule has 1 heterocycles. The molecule has 1 aromatic heterocycles. The quantitative estimate of drug-likeness (QED) is 0.563. The summed E-state index contributed by atoms with van der Waals surface area (Å²) in [4.78, 5) is 11.0. The number of aryl methyl sites for hydroxylation is 1. The topological polar surface area (TPSA) is 78.5 Å². The Labute approximate surface area is 166 Å². The minimum atomic E-state index is -4.92. The van der Waals surface area contributed by atoms with Gasteiger partial charge in [-0.05, 0) is 42.8 Å². The molecule has 0 radical (unpaired) electrons. The van der Waals surface area contributed by atoms with Gasteiger partial charge in [-0.25, -0.2) is 26.6 Å². The molecule has 0 aliphatic heterocycles. The van der Waals surface area contributed by atoms with E-state index in [4.69, 9.17) is 4.42 Å². The van der Waals surface area contributed by atoms with Gasteiger partial charge in [0.1, 0.15) is 28.5 Å². The van der Waals surface area contributed by atoms with Crippen LogP contribution in [0.4, 0.5) is 22.0 Å². The van der Waals surface area contributed by atoms with Crippen LogP contribution in [-0.4, -0.2) is 25.6 Å². The van der Waals surface area contributed by atoms with Gasteiger partial charge < -0.3 is 9.15 Å². The SMILES string of the molecule is Cc1cc(-n2c(-c3cc(F)c(S(C)(=O)=O)c(F)c3)coc2=O)ccc1OC(F)(F)F. The molecule has 0 N–H and O–H groups in total. The predicted molar refractivity (Wildman–Crippen MR) is 94.2 cm³/mol. The maximum atomic E-state index is 14.2. The molecule has 0 aliphatic carbocycles. The maximum Gasteiger partial charge on any atom is 0.573 e. The molecule has 30 heavy (non-hydrogen) atoms. The van der Waals surface area contributed by atoms with E-state index in [1.807, 2.05) is 0 Å². The fraction of sp³-hybridized carbons (Fsp3) is 0.167. The smallest absolute Gasteiger partial charge is 0.415 e. The van der Waals surface area contributed by atoms with Crippen molar-refractivity contribution >= 4 is 9.84 Å². The van der Waals surface area contributed by atoms with E-state index in [2.05, 4.69) is 4.74 Å².